The average Bonchev–Trinajstić information content (AvgIpc) is 2.50. The highest BCUT2D eigenvalue weighted by Gasteiger charge is 2.26. The molecule has 120 valence electrons. The molecule has 1 saturated heterocycles. The van der Waals surface area contributed by atoms with Crippen LogP contribution in [0.1, 0.15) is 46.5 Å². The van der Waals surface area contributed by atoms with Gasteiger partial charge < -0.3 is 20.2 Å². The minimum atomic E-state index is -0.131. The molecule has 0 aliphatic carbocycles. The van der Waals surface area contributed by atoms with E-state index in [1.165, 1.54) is 32.5 Å². The first-order valence-corrected chi connectivity index (χ1v) is 8.33. The van der Waals surface area contributed by atoms with E-state index in [1.54, 1.807) is 0 Å². The second kappa shape index (κ2) is 8.98. The highest BCUT2D eigenvalue weighted by molar-refractivity contribution is 4.85. The van der Waals surface area contributed by atoms with Crippen molar-refractivity contribution in [2.45, 2.75) is 58.0 Å². The Labute approximate surface area is 125 Å². The third kappa shape index (κ3) is 5.68. The molecule has 4 heteroatoms. The summed E-state index contributed by atoms with van der Waals surface area (Å²) in [4.78, 5) is 5.03. The van der Waals surface area contributed by atoms with Crippen molar-refractivity contribution in [3.8, 4) is 0 Å². The molecule has 0 bridgehead atoms. The molecule has 1 aliphatic rings. The lowest BCUT2D eigenvalue weighted by atomic mass is 9.97. The van der Waals surface area contributed by atoms with E-state index >= 15 is 0 Å². The second-order valence-corrected chi connectivity index (χ2v) is 6.54. The Balaban J connectivity index is 2.32. The van der Waals surface area contributed by atoms with Gasteiger partial charge in [0.05, 0.1) is 6.61 Å². The largest absolute Gasteiger partial charge is 0.394 e. The van der Waals surface area contributed by atoms with Gasteiger partial charge in [0, 0.05) is 11.6 Å². The summed E-state index contributed by atoms with van der Waals surface area (Å²) in [6, 6.07) is 0.715. The van der Waals surface area contributed by atoms with Crippen molar-refractivity contribution < 1.29 is 5.11 Å². The van der Waals surface area contributed by atoms with Gasteiger partial charge in [0.2, 0.25) is 0 Å². The quantitative estimate of drug-likeness (QED) is 0.674. The van der Waals surface area contributed by atoms with Crippen molar-refractivity contribution in [3.05, 3.63) is 0 Å². The smallest absolute Gasteiger partial charge is 0.0611 e. The van der Waals surface area contributed by atoms with E-state index in [-0.39, 0.29) is 12.1 Å². The van der Waals surface area contributed by atoms with Gasteiger partial charge in [-0.05, 0) is 72.4 Å². The number of aliphatic hydroxyl groups excluding tert-OH is 1. The maximum atomic E-state index is 9.61. The molecule has 2 N–H and O–H groups in total. The Morgan fingerprint density at radius 3 is 2.45 bits per heavy atom. The Bertz CT molecular complexity index is 254. The Hall–Kier alpha value is -0.160. The topological polar surface area (TPSA) is 38.7 Å². The predicted octanol–water partition coefficient (Wildman–Crippen LogP) is 1.54. The molecule has 1 rings (SSSR count). The molecule has 0 spiro atoms. The zero-order chi connectivity index (χ0) is 15.0. The van der Waals surface area contributed by atoms with E-state index in [9.17, 15) is 5.11 Å². The van der Waals surface area contributed by atoms with E-state index in [0.29, 0.717) is 6.04 Å². The normalized spacial score (nSPS) is 21.3. The van der Waals surface area contributed by atoms with Crippen molar-refractivity contribution >= 4 is 0 Å². The number of nitrogens with zero attached hydrogens (tertiary/aromatic N) is 2. The van der Waals surface area contributed by atoms with Gasteiger partial charge >= 0.3 is 0 Å². The highest BCUT2D eigenvalue weighted by atomic mass is 16.3. The van der Waals surface area contributed by atoms with Gasteiger partial charge in [-0.1, -0.05) is 13.8 Å². The maximum Gasteiger partial charge on any atom is 0.0611 e. The number of rotatable bonds is 9. The molecule has 0 aromatic rings. The number of hydrogen-bond donors (Lipinski definition) is 2. The SMILES string of the molecule is CCCNC(C)(CO)CCN(C)C1CCN(CC)CC1. The first-order chi connectivity index (χ1) is 9.54. The van der Waals surface area contributed by atoms with Crippen LogP contribution in [0, 0.1) is 0 Å². The summed E-state index contributed by atoms with van der Waals surface area (Å²) >= 11 is 0. The Morgan fingerprint density at radius 1 is 1.30 bits per heavy atom. The molecule has 0 aromatic carbocycles. The van der Waals surface area contributed by atoms with E-state index in [4.69, 9.17) is 0 Å². The number of aliphatic hydroxyl groups is 1. The van der Waals surface area contributed by atoms with Crippen LogP contribution in [0.15, 0.2) is 0 Å². The van der Waals surface area contributed by atoms with Gasteiger partial charge in [0.25, 0.3) is 0 Å². The third-order valence-electron chi connectivity index (χ3n) is 4.79. The number of likely N-dealkylation sites (tertiary alicyclic amines) is 1. The molecule has 1 unspecified atom stereocenters. The Morgan fingerprint density at radius 2 is 1.95 bits per heavy atom. The van der Waals surface area contributed by atoms with Crippen LogP contribution in [0.3, 0.4) is 0 Å². The zero-order valence-electron chi connectivity index (χ0n) is 14.0. The van der Waals surface area contributed by atoms with E-state index in [1.807, 2.05) is 0 Å². The molecule has 1 heterocycles. The maximum absolute atomic E-state index is 9.61. The van der Waals surface area contributed by atoms with E-state index in [0.717, 1.165) is 25.9 Å². The lowest BCUT2D eigenvalue weighted by Gasteiger charge is -2.38. The second-order valence-electron chi connectivity index (χ2n) is 6.54. The first-order valence-electron chi connectivity index (χ1n) is 8.33. The molecule has 0 saturated carbocycles. The van der Waals surface area contributed by atoms with Crippen molar-refractivity contribution in [2.75, 3.05) is 46.4 Å². The number of piperidine rings is 1. The molecular weight excluding hydrogens is 250 g/mol. The van der Waals surface area contributed by atoms with Gasteiger partial charge in [-0.15, -0.1) is 0 Å². The first kappa shape index (κ1) is 17.9. The van der Waals surface area contributed by atoms with Crippen LogP contribution in [-0.2, 0) is 0 Å². The molecule has 4 nitrogen and oxygen atoms in total. The predicted molar refractivity (Wildman–Crippen MR) is 86.2 cm³/mol. The lowest BCUT2D eigenvalue weighted by Crippen LogP contribution is -2.50. The van der Waals surface area contributed by atoms with Crippen LogP contribution < -0.4 is 5.32 Å². The molecule has 1 aliphatic heterocycles. The van der Waals surface area contributed by atoms with Gasteiger partial charge in [-0.3, -0.25) is 0 Å². The molecule has 0 radical (unpaired) electrons. The molecule has 20 heavy (non-hydrogen) atoms. The van der Waals surface area contributed by atoms with Gasteiger partial charge in [-0.25, -0.2) is 0 Å². The summed E-state index contributed by atoms with van der Waals surface area (Å²) in [6.07, 6.45) is 4.68. The fourth-order valence-corrected chi connectivity index (χ4v) is 2.93. The average molecular weight is 285 g/mol. The summed E-state index contributed by atoms with van der Waals surface area (Å²) < 4.78 is 0. The summed E-state index contributed by atoms with van der Waals surface area (Å²) in [7, 11) is 2.24. The summed E-state index contributed by atoms with van der Waals surface area (Å²) in [6.45, 7) is 12.5. The lowest BCUT2D eigenvalue weighted by molar-refractivity contribution is 0.107. The third-order valence-corrected chi connectivity index (χ3v) is 4.79. The van der Waals surface area contributed by atoms with Crippen molar-refractivity contribution in [3.63, 3.8) is 0 Å². The monoisotopic (exact) mass is 285 g/mol. The minimum Gasteiger partial charge on any atom is -0.394 e. The molecule has 0 aromatic heterocycles. The fourth-order valence-electron chi connectivity index (χ4n) is 2.93. The highest BCUT2D eigenvalue weighted by Crippen LogP contribution is 2.17. The molecular formula is C16H35N3O. The van der Waals surface area contributed by atoms with Crippen molar-refractivity contribution in [2.24, 2.45) is 0 Å². The van der Waals surface area contributed by atoms with Crippen LogP contribution in [0.4, 0.5) is 0 Å². The standard InChI is InChI=1S/C16H35N3O/c1-5-10-17-16(3,14-20)9-13-18(4)15-7-11-19(6-2)12-8-15/h15,17,20H,5-14H2,1-4H3. The van der Waals surface area contributed by atoms with Crippen molar-refractivity contribution in [1.82, 2.24) is 15.1 Å². The molecule has 1 atom stereocenters. The van der Waals surface area contributed by atoms with Crippen LogP contribution in [0.5, 0.6) is 0 Å². The Kier molecular flexibility index (Phi) is 8.03. The summed E-state index contributed by atoms with van der Waals surface area (Å²) in [5, 5.41) is 13.1. The number of hydrogen-bond acceptors (Lipinski definition) is 4. The summed E-state index contributed by atoms with van der Waals surface area (Å²) in [5.74, 6) is 0. The van der Waals surface area contributed by atoms with Crippen LogP contribution in [-0.4, -0.2) is 72.9 Å². The van der Waals surface area contributed by atoms with Gasteiger partial charge in [-0.2, -0.15) is 0 Å². The summed E-state index contributed by atoms with van der Waals surface area (Å²) in [5.41, 5.74) is -0.131. The van der Waals surface area contributed by atoms with Crippen molar-refractivity contribution in [1.29, 1.82) is 0 Å². The van der Waals surface area contributed by atoms with Crippen LogP contribution >= 0.6 is 0 Å². The zero-order valence-corrected chi connectivity index (χ0v) is 14.0. The van der Waals surface area contributed by atoms with Gasteiger partial charge in [0.15, 0.2) is 0 Å². The van der Waals surface area contributed by atoms with Crippen LogP contribution in [0.2, 0.25) is 0 Å². The number of nitrogens with one attached hydrogen (secondary N) is 1. The van der Waals surface area contributed by atoms with Crippen LogP contribution in [0.25, 0.3) is 0 Å². The van der Waals surface area contributed by atoms with Gasteiger partial charge in [0.1, 0.15) is 0 Å². The molecule has 1 fully saturated rings. The van der Waals surface area contributed by atoms with E-state index < -0.39 is 0 Å². The minimum absolute atomic E-state index is 0.131. The van der Waals surface area contributed by atoms with E-state index in [2.05, 4.69) is 42.9 Å². The fraction of sp³-hybridized carbons (Fsp3) is 1.00. The molecule has 0 amide bonds.